The standard InChI is InChI=1S/C12H19N5O2/c1-17(2)12(19)16-6-5-15-8-3-4-10(13)9(7-8)11(14)18/h3-4,7,15H,5-6,13H2,1-2H3,(H2,14,18)(H,16,19). The summed E-state index contributed by atoms with van der Waals surface area (Å²) in [4.78, 5) is 23.8. The summed E-state index contributed by atoms with van der Waals surface area (Å²) in [5.41, 5.74) is 12.2. The van der Waals surface area contributed by atoms with Crippen LogP contribution in [0, 0.1) is 0 Å². The van der Waals surface area contributed by atoms with Crippen molar-refractivity contribution < 1.29 is 9.59 Å². The van der Waals surface area contributed by atoms with E-state index in [1.165, 1.54) is 4.90 Å². The highest BCUT2D eigenvalue weighted by atomic mass is 16.2. The Bertz CT molecular complexity index is 473. The second-order valence-electron chi connectivity index (χ2n) is 4.22. The summed E-state index contributed by atoms with van der Waals surface area (Å²) in [5.74, 6) is -0.568. The molecule has 0 unspecified atom stereocenters. The van der Waals surface area contributed by atoms with E-state index in [0.717, 1.165) is 5.69 Å². The molecule has 0 aromatic heterocycles. The van der Waals surface area contributed by atoms with Gasteiger partial charge in [0.1, 0.15) is 0 Å². The maximum absolute atomic E-state index is 11.3. The molecular weight excluding hydrogens is 246 g/mol. The molecule has 0 aliphatic heterocycles. The van der Waals surface area contributed by atoms with Crippen molar-refractivity contribution in [3.05, 3.63) is 23.8 Å². The van der Waals surface area contributed by atoms with E-state index in [2.05, 4.69) is 10.6 Å². The Morgan fingerprint density at radius 1 is 1.26 bits per heavy atom. The Morgan fingerprint density at radius 2 is 1.95 bits per heavy atom. The minimum absolute atomic E-state index is 0.156. The van der Waals surface area contributed by atoms with Crippen molar-refractivity contribution >= 4 is 23.3 Å². The van der Waals surface area contributed by atoms with Crippen LogP contribution < -0.4 is 22.1 Å². The first-order valence-corrected chi connectivity index (χ1v) is 5.80. The summed E-state index contributed by atoms with van der Waals surface area (Å²) in [5, 5.41) is 5.77. The van der Waals surface area contributed by atoms with Gasteiger partial charge in [-0.25, -0.2) is 4.79 Å². The Morgan fingerprint density at radius 3 is 2.53 bits per heavy atom. The van der Waals surface area contributed by atoms with Gasteiger partial charge in [0, 0.05) is 38.6 Å². The van der Waals surface area contributed by atoms with Crippen LogP contribution in [-0.4, -0.2) is 44.0 Å². The van der Waals surface area contributed by atoms with Crippen molar-refractivity contribution in [2.75, 3.05) is 38.2 Å². The van der Waals surface area contributed by atoms with E-state index in [-0.39, 0.29) is 11.6 Å². The third-order valence-electron chi connectivity index (χ3n) is 2.46. The number of anilines is 2. The van der Waals surface area contributed by atoms with Crippen LogP contribution in [0.4, 0.5) is 16.2 Å². The van der Waals surface area contributed by atoms with Crippen molar-refractivity contribution in [1.82, 2.24) is 10.2 Å². The van der Waals surface area contributed by atoms with Gasteiger partial charge in [-0.1, -0.05) is 0 Å². The van der Waals surface area contributed by atoms with Gasteiger partial charge in [-0.2, -0.15) is 0 Å². The molecule has 3 amide bonds. The summed E-state index contributed by atoms with van der Waals surface area (Å²) in [6.07, 6.45) is 0. The smallest absolute Gasteiger partial charge is 0.316 e. The summed E-state index contributed by atoms with van der Waals surface area (Å²) in [7, 11) is 3.34. The molecule has 0 fully saturated rings. The number of urea groups is 1. The van der Waals surface area contributed by atoms with Crippen LogP contribution in [0.3, 0.4) is 0 Å². The number of amides is 3. The third-order valence-corrected chi connectivity index (χ3v) is 2.46. The van der Waals surface area contributed by atoms with Gasteiger partial charge in [0.25, 0.3) is 5.91 Å². The fourth-order valence-corrected chi connectivity index (χ4v) is 1.41. The molecule has 0 radical (unpaired) electrons. The molecule has 0 bridgehead atoms. The molecule has 104 valence electrons. The Balaban J connectivity index is 2.48. The number of benzene rings is 1. The molecule has 0 spiro atoms. The van der Waals surface area contributed by atoms with Crippen molar-refractivity contribution in [3.8, 4) is 0 Å². The molecule has 0 atom stereocenters. The summed E-state index contributed by atoms with van der Waals surface area (Å²) >= 11 is 0. The zero-order chi connectivity index (χ0) is 14.4. The lowest BCUT2D eigenvalue weighted by Gasteiger charge is -2.13. The fourth-order valence-electron chi connectivity index (χ4n) is 1.41. The van der Waals surface area contributed by atoms with E-state index in [0.29, 0.717) is 18.8 Å². The number of nitrogens with two attached hydrogens (primary N) is 2. The number of rotatable bonds is 5. The van der Waals surface area contributed by atoms with Crippen LogP contribution in [0.15, 0.2) is 18.2 Å². The summed E-state index contributed by atoms with van der Waals surface area (Å²) in [6.45, 7) is 0.995. The zero-order valence-electron chi connectivity index (χ0n) is 11.1. The van der Waals surface area contributed by atoms with E-state index in [1.807, 2.05) is 0 Å². The molecular formula is C12H19N5O2. The second kappa shape index (κ2) is 6.48. The molecule has 0 saturated carbocycles. The lowest BCUT2D eigenvalue weighted by Crippen LogP contribution is -2.37. The van der Waals surface area contributed by atoms with Crippen molar-refractivity contribution in [3.63, 3.8) is 0 Å². The number of carbonyl (C=O) groups excluding carboxylic acids is 2. The number of hydrogen-bond donors (Lipinski definition) is 4. The average molecular weight is 265 g/mol. The number of hydrogen-bond acceptors (Lipinski definition) is 4. The topological polar surface area (TPSA) is 113 Å². The fraction of sp³-hybridized carbons (Fsp3) is 0.333. The molecule has 19 heavy (non-hydrogen) atoms. The van der Waals surface area contributed by atoms with Crippen LogP contribution in [0.2, 0.25) is 0 Å². The minimum Gasteiger partial charge on any atom is -0.398 e. The molecule has 7 heteroatoms. The quantitative estimate of drug-likeness (QED) is 0.445. The monoisotopic (exact) mass is 265 g/mol. The first kappa shape index (κ1) is 14.6. The Labute approximate surface area is 111 Å². The largest absolute Gasteiger partial charge is 0.398 e. The number of nitrogens with zero attached hydrogens (tertiary/aromatic N) is 1. The summed E-state index contributed by atoms with van der Waals surface area (Å²) in [6, 6.07) is 4.79. The van der Waals surface area contributed by atoms with E-state index in [9.17, 15) is 9.59 Å². The van der Waals surface area contributed by atoms with Gasteiger partial charge < -0.3 is 27.0 Å². The van der Waals surface area contributed by atoms with Gasteiger partial charge in [-0.15, -0.1) is 0 Å². The third kappa shape index (κ3) is 4.38. The predicted molar refractivity (Wildman–Crippen MR) is 74.9 cm³/mol. The van der Waals surface area contributed by atoms with Gasteiger partial charge in [0.05, 0.1) is 5.56 Å². The highest BCUT2D eigenvalue weighted by molar-refractivity contribution is 5.98. The first-order chi connectivity index (χ1) is 8.91. The number of carbonyl (C=O) groups is 2. The summed E-state index contributed by atoms with van der Waals surface area (Å²) < 4.78 is 0. The van der Waals surface area contributed by atoms with E-state index < -0.39 is 5.91 Å². The van der Waals surface area contributed by atoms with Gasteiger partial charge in [-0.05, 0) is 18.2 Å². The molecule has 1 aromatic rings. The molecule has 1 aromatic carbocycles. The van der Waals surface area contributed by atoms with E-state index >= 15 is 0 Å². The average Bonchev–Trinajstić information content (AvgIpc) is 2.35. The lowest BCUT2D eigenvalue weighted by molar-refractivity contribution is 0.100. The lowest BCUT2D eigenvalue weighted by atomic mass is 10.1. The van der Waals surface area contributed by atoms with Crippen LogP contribution >= 0.6 is 0 Å². The van der Waals surface area contributed by atoms with Gasteiger partial charge in [0.2, 0.25) is 0 Å². The van der Waals surface area contributed by atoms with Crippen LogP contribution in [0.25, 0.3) is 0 Å². The van der Waals surface area contributed by atoms with Gasteiger partial charge in [-0.3, -0.25) is 4.79 Å². The molecule has 6 N–H and O–H groups in total. The maximum Gasteiger partial charge on any atom is 0.316 e. The molecule has 0 aliphatic rings. The first-order valence-electron chi connectivity index (χ1n) is 5.80. The van der Waals surface area contributed by atoms with Crippen molar-refractivity contribution in [2.24, 2.45) is 5.73 Å². The number of nitrogen functional groups attached to an aromatic ring is 1. The number of primary amides is 1. The van der Waals surface area contributed by atoms with Crippen molar-refractivity contribution in [1.29, 1.82) is 0 Å². The molecule has 0 heterocycles. The van der Waals surface area contributed by atoms with E-state index in [1.54, 1.807) is 32.3 Å². The normalized spacial score (nSPS) is 9.79. The van der Waals surface area contributed by atoms with Gasteiger partial charge in [0.15, 0.2) is 0 Å². The molecule has 1 rings (SSSR count). The second-order valence-corrected chi connectivity index (χ2v) is 4.22. The van der Waals surface area contributed by atoms with E-state index in [4.69, 9.17) is 11.5 Å². The molecule has 7 nitrogen and oxygen atoms in total. The molecule has 0 saturated heterocycles. The van der Waals surface area contributed by atoms with Crippen LogP contribution in [0.5, 0.6) is 0 Å². The van der Waals surface area contributed by atoms with Gasteiger partial charge >= 0.3 is 6.03 Å². The molecule has 0 aliphatic carbocycles. The number of nitrogens with one attached hydrogen (secondary N) is 2. The SMILES string of the molecule is CN(C)C(=O)NCCNc1ccc(N)c(C(N)=O)c1. The van der Waals surface area contributed by atoms with Crippen LogP contribution in [-0.2, 0) is 0 Å². The highest BCUT2D eigenvalue weighted by Gasteiger charge is 2.06. The maximum atomic E-state index is 11.3. The van der Waals surface area contributed by atoms with Crippen molar-refractivity contribution in [2.45, 2.75) is 0 Å². The zero-order valence-corrected chi connectivity index (χ0v) is 11.1. The minimum atomic E-state index is -0.568. The highest BCUT2D eigenvalue weighted by Crippen LogP contribution is 2.16. The predicted octanol–water partition coefficient (Wildman–Crippen LogP) is 0.0508. The van der Waals surface area contributed by atoms with Crippen LogP contribution in [0.1, 0.15) is 10.4 Å². The Kier molecular flexibility index (Phi) is 4.99. The Hall–Kier alpha value is -2.44.